The van der Waals surface area contributed by atoms with Crippen LogP contribution in [-0.2, 0) is 16.0 Å². The average molecular weight is 269 g/mol. The molecule has 0 saturated carbocycles. The van der Waals surface area contributed by atoms with Crippen molar-refractivity contribution in [2.45, 2.75) is 39.2 Å². The van der Waals surface area contributed by atoms with Gasteiger partial charge in [0.25, 0.3) is 0 Å². The first-order chi connectivity index (χ1) is 9.38. The second-order valence-electron chi connectivity index (χ2n) is 4.54. The Kier molecular flexibility index (Phi) is 9.10. The number of aromatic nitrogens is 2. The first-order valence-electron chi connectivity index (χ1n) is 7.20. The van der Waals surface area contributed by atoms with E-state index in [0.717, 1.165) is 58.1 Å². The van der Waals surface area contributed by atoms with Crippen LogP contribution in [0.3, 0.4) is 0 Å². The Morgan fingerprint density at radius 2 is 2.05 bits per heavy atom. The average Bonchev–Trinajstić information content (AvgIpc) is 2.86. The van der Waals surface area contributed by atoms with E-state index in [2.05, 4.69) is 21.8 Å². The van der Waals surface area contributed by atoms with Crippen molar-refractivity contribution >= 4 is 5.95 Å². The molecule has 5 nitrogen and oxygen atoms in total. The topological polar surface area (TPSA) is 48.3 Å². The number of nitrogens with one attached hydrogen (secondary N) is 1. The van der Waals surface area contributed by atoms with Gasteiger partial charge in [-0.15, -0.1) is 0 Å². The number of unbranched alkanes of at least 4 members (excludes halogenated alkanes) is 1. The Morgan fingerprint density at radius 1 is 1.21 bits per heavy atom. The number of aryl methyl sites for hydroxylation is 1. The minimum absolute atomic E-state index is 0.781. The van der Waals surface area contributed by atoms with E-state index in [-0.39, 0.29) is 0 Å². The fraction of sp³-hybridized carbons (Fsp3) is 0.786. The zero-order valence-electron chi connectivity index (χ0n) is 12.2. The van der Waals surface area contributed by atoms with Gasteiger partial charge in [0.15, 0.2) is 0 Å². The molecule has 1 heterocycles. The summed E-state index contributed by atoms with van der Waals surface area (Å²) in [5, 5.41) is 3.34. The molecule has 0 unspecified atom stereocenters. The normalized spacial score (nSPS) is 10.8. The van der Waals surface area contributed by atoms with Crippen LogP contribution in [0.4, 0.5) is 5.95 Å². The van der Waals surface area contributed by atoms with Gasteiger partial charge < -0.3 is 19.4 Å². The van der Waals surface area contributed by atoms with E-state index in [1.54, 1.807) is 7.11 Å². The zero-order valence-corrected chi connectivity index (χ0v) is 12.2. The molecule has 0 atom stereocenters. The van der Waals surface area contributed by atoms with Gasteiger partial charge in [-0.3, -0.25) is 0 Å². The first kappa shape index (κ1) is 16.0. The van der Waals surface area contributed by atoms with Gasteiger partial charge in [-0.1, -0.05) is 13.3 Å². The zero-order chi connectivity index (χ0) is 13.8. The van der Waals surface area contributed by atoms with Crippen LogP contribution >= 0.6 is 0 Å². The molecule has 0 saturated heterocycles. The number of anilines is 1. The molecular weight excluding hydrogens is 242 g/mol. The van der Waals surface area contributed by atoms with E-state index < -0.39 is 0 Å². The van der Waals surface area contributed by atoms with Crippen molar-refractivity contribution in [3.63, 3.8) is 0 Å². The van der Waals surface area contributed by atoms with Gasteiger partial charge in [0.2, 0.25) is 5.95 Å². The molecule has 0 radical (unpaired) electrons. The van der Waals surface area contributed by atoms with Gasteiger partial charge in [-0.2, -0.15) is 0 Å². The van der Waals surface area contributed by atoms with E-state index >= 15 is 0 Å². The number of hydrogen-bond acceptors (Lipinski definition) is 4. The quantitative estimate of drug-likeness (QED) is 0.592. The Balaban J connectivity index is 2.10. The highest BCUT2D eigenvalue weighted by Gasteiger charge is 2.01. The predicted octanol–water partition coefficient (Wildman–Crippen LogP) is 2.54. The Morgan fingerprint density at radius 3 is 2.84 bits per heavy atom. The fourth-order valence-electron chi connectivity index (χ4n) is 1.76. The van der Waals surface area contributed by atoms with E-state index in [1.807, 2.05) is 12.4 Å². The van der Waals surface area contributed by atoms with Gasteiger partial charge in [-0.25, -0.2) is 4.98 Å². The highest BCUT2D eigenvalue weighted by molar-refractivity contribution is 5.25. The molecule has 0 aliphatic heterocycles. The molecule has 0 amide bonds. The van der Waals surface area contributed by atoms with E-state index in [1.165, 1.54) is 6.42 Å². The van der Waals surface area contributed by atoms with Crippen LogP contribution in [0.25, 0.3) is 0 Å². The Labute approximate surface area is 116 Å². The second kappa shape index (κ2) is 10.8. The van der Waals surface area contributed by atoms with Crippen molar-refractivity contribution < 1.29 is 9.47 Å². The molecule has 0 aliphatic carbocycles. The number of hydrogen-bond donors (Lipinski definition) is 1. The third-order valence-electron chi connectivity index (χ3n) is 2.85. The Hall–Kier alpha value is -1.07. The summed E-state index contributed by atoms with van der Waals surface area (Å²) in [6.45, 7) is 6.48. The van der Waals surface area contributed by atoms with Crippen molar-refractivity contribution in [3.05, 3.63) is 12.4 Å². The minimum atomic E-state index is 0.781. The third-order valence-corrected chi connectivity index (χ3v) is 2.85. The molecule has 0 spiro atoms. The van der Waals surface area contributed by atoms with Crippen LogP contribution in [0.5, 0.6) is 0 Å². The molecule has 1 aromatic rings. The van der Waals surface area contributed by atoms with Crippen LogP contribution in [0.2, 0.25) is 0 Å². The molecule has 1 N–H and O–H groups in total. The highest BCUT2D eigenvalue weighted by Crippen LogP contribution is 2.05. The summed E-state index contributed by atoms with van der Waals surface area (Å²) in [4.78, 5) is 4.31. The van der Waals surface area contributed by atoms with Gasteiger partial charge in [0.1, 0.15) is 0 Å². The maximum atomic E-state index is 5.52. The van der Waals surface area contributed by atoms with Gasteiger partial charge in [0.05, 0.1) is 0 Å². The molecular formula is C14H27N3O2. The van der Waals surface area contributed by atoms with E-state index in [9.17, 15) is 0 Å². The van der Waals surface area contributed by atoms with Crippen molar-refractivity contribution in [2.75, 3.05) is 38.8 Å². The lowest BCUT2D eigenvalue weighted by atomic mass is 10.4. The minimum Gasteiger partial charge on any atom is -0.385 e. The summed E-state index contributed by atoms with van der Waals surface area (Å²) >= 11 is 0. The Bertz CT molecular complexity index is 315. The van der Waals surface area contributed by atoms with E-state index in [0.29, 0.717) is 0 Å². The molecule has 0 aromatic carbocycles. The molecule has 5 heteroatoms. The van der Waals surface area contributed by atoms with Crippen LogP contribution in [-0.4, -0.2) is 43.0 Å². The van der Waals surface area contributed by atoms with Crippen molar-refractivity contribution in [1.82, 2.24) is 9.55 Å². The van der Waals surface area contributed by atoms with Gasteiger partial charge in [-0.05, 0) is 19.3 Å². The summed E-state index contributed by atoms with van der Waals surface area (Å²) in [5.74, 6) is 0.935. The van der Waals surface area contributed by atoms with Gasteiger partial charge >= 0.3 is 0 Å². The predicted molar refractivity (Wildman–Crippen MR) is 77.6 cm³/mol. The van der Waals surface area contributed by atoms with Crippen molar-refractivity contribution in [3.8, 4) is 0 Å². The van der Waals surface area contributed by atoms with Crippen LogP contribution in [0.1, 0.15) is 32.6 Å². The lowest BCUT2D eigenvalue weighted by molar-refractivity contribution is 0.131. The largest absolute Gasteiger partial charge is 0.385 e. The van der Waals surface area contributed by atoms with E-state index in [4.69, 9.17) is 9.47 Å². The molecule has 1 rings (SSSR count). The lowest BCUT2D eigenvalue weighted by Gasteiger charge is -2.09. The van der Waals surface area contributed by atoms with Crippen molar-refractivity contribution in [1.29, 1.82) is 0 Å². The third kappa shape index (κ3) is 7.18. The molecule has 0 bridgehead atoms. The summed E-state index contributed by atoms with van der Waals surface area (Å²) in [6.07, 6.45) is 8.17. The van der Waals surface area contributed by atoms with Crippen LogP contribution < -0.4 is 5.32 Å². The lowest BCUT2D eigenvalue weighted by Crippen LogP contribution is -2.11. The monoisotopic (exact) mass is 269 g/mol. The number of methoxy groups -OCH3 is 1. The number of imidazole rings is 1. The molecule has 19 heavy (non-hydrogen) atoms. The van der Waals surface area contributed by atoms with Gasteiger partial charge in [0, 0.05) is 52.4 Å². The summed E-state index contributed by atoms with van der Waals surface area (Å²) in [5.41, 5.74) is 0. The molecule has 110 valence electrons. The molecule has 0 fully saturated rings. The number of nitrogens with zero attached hydrogens (tertiary/aromatic N) is 2. The summed E-state index contributed by atoms with van der Waals surface area (Å²) in [7, 11) is 1.73. The SMILES string of the molecule is CCCCOCCCNc1nccn1CCCOC. The standard InChI is InChI=1S/C14H27N3O2/c1-3-4-12-19-13-5-7-15-14-16-8-10-17(14)9-6-11-18-2/h8,10H,3-7,9,11-13H2,1-2H3,(H,15,16). The highest BCUT2D eigenvalue weighted by atomic mass is 16.5. The number of ether oxygens (including phenoxy) is 2. The van der Waals surface area contributed by atoms with Crippen LogP contribution in [0, 0.1) is 0 Å². The molecule has 1 aromatic heterocycles. The smallest absolute Gasteiger partial charge is 0.202 e. The summed E-state index contributed by atoms with van der Waals surface area (Å²) < 4.78 is 12.7. The summed E-state index contributed by atoms with van der Waals surface area (Å²) in [6, 6.07) is 0. The number of rotatable bonds is 12. The fourth-order valence-corrected chi connectivity index (χ4v) is 1.76. The maximum absolute atomic E-state index is 5.52. The first-order valence-corrected chi connectivity index (χ1v) is 7.20. The maximum Gasteiger partial charge on any atom is 0.202 e. The molecule has 0 aliphatic rings. The van der Waals surface area contributed by atoms with Crippen molar-refractivity contribution in [2.24, 2.45) is 0 Å². The second-order valence-corrected chi connectivity index (χ2v) is 4.54. The van der Waals surface area contributed by atoms with Crippen LogP contribution in [0.15, 0.2) is 12.4 Å².